The molecule has 0 saturated carbocycles. The van der Waals surface area contributed by atoms with E-state index in [1.165, 1.54) is 12.7 Å². The Bertz CT molecular complexity index is 5270. The smallest absolute Gasteiger partial charge is 0.343 e. The number of imidazole rings is 2. The third kappa shape index (κ3) is 18.0. The quantitative estimate of drug-likeness (QED) is 0.0206. The highest BCUT2D eigenvalue weighted by Crippen LogP contribution is 2.51. The lowest BCUT2D eigenvalue weighted by molar-refractivity contribution is -0.199. The van der Waals surface area contributed by atoms with E-state index in [-0.39, 0.29) is 83.2 Å². The third-order valence-corrected chi connectivity index (χ3v) is 33.4. The lowest BCUT2D eigenvalue weighted by Crippen LogP contribution is -2.50. The van der Waals surface area contributed by atoms with Crippen molar-refractivity contribution in [1.82, 2.24) is 48.8 Å². The fraction of sp³-hybridized carbons (Fsp3) is 0.447. The number of H-pyrrole nitrogens is 2. The molecule has 0 radical (unpaired) electrons. The van der Waals surface area contributed by atoms with Crippen molar-refractivity contribution in [3.63, 3.8) is 0 Å². The maximum absolute atomic E-state index is 15.5. The molecule has 0 bridgehead atoms. The van der Waals surface area contributed by atoms with E-state index in [1.807, 2.05) is 137 Å². The van der Waals surface area contributed by atoms with Crippen molar-refractivity contribution in [1.29, 1.82) is 0 Å². The number of aromatic amines is 2. The van der Waals surface area contributed by atoms with Crippen molar-refractivity contribution in [2.75, 3.05) is 51.1 Å². The molecule has 28 nitrogen and oxygen atoms in total. The van der Waals surface area contributed by atoms with Gasteiger partial charge in [0.25, 0.3) is 22.9 Å². The van der Waals surface area contributed by atoms with Gasteiger partial charge in [-0.3, -0.25) is 38.3 Å². The minimum atomic E-state index is -2.82. The van der Waals surface area contributed by atoms with E-state index in [2.05, 4.69) is 134 Å². The highest BCUT2D eigenvalue weighted by atomic mass is 28.4. The number of nitrogens with two attached hydrogens (primary N) is 2. The van der Waals surface area contributed by atoms with E-state index in [0.717, 1.165) is 107 Å². The Morgan fingerprint density at radius 1 is 0.411 bits per heavy atom. The largest absolute Gasteiger partial charge is 0.494 e. The monoisotopic (exact) mass is 1720 g/mol. The van der Waals surface area contributed by atoms with Crippen LogP contribution in [0.1, 0.15) is 169 Å². The van der Waals surface area contributed by atoms with Crippen LogP contribution in [0.3, 0.4) is 0 Å². The second kappa shape index (κ2) is 36.7. The highest BCUT2D eigenvalue weighted by molar-refractivity contribution is 6.70. The van der Waals surface area contributed by atoms with Gasteiger partial charge in [0.2, 0.25) is 11.9 Å². The van der Waals surface area contributed by atoms with Crippen molar-refractivity contribution < 1.29 is 65.2 Å². The molecule has 8 atom stereocenters. The number of fused-ring (bicyclic) bond motifs is 5. The summed E-state index contributed by atoms with van der Waals surface area (Å²) in [5.74, 6) is -0.710. The van der Waals surface area contributed by atoms with Gasteiger partial charge >= 0.3 is 17.1 Å². The van der Waals surface area contributed by atoms with Crippen molar-refractivity contribution in [2.24, 2.45) is 0 Å². The molecule has 6 N–H and O–H groups in total. The van der Waals surface area contributed by atoms with E-state index in [9.17, 15) is 9.59 Å². The number of nitrogens with one attached hydrogen (secondary N) is 2. The number of aromatic nitrogens is 8. The lowest BCUT2D eigenvalue weighted by Gasteiger charge is -2.38. The summed E-state index contributed by atoms with van der Waals surface area (Å²) in [6, 6.07) is 52.3. The Morgan fingerprint density at radius 3 is 1.08 bits per heavy atom. The van der Waals surface area contributed by atoms with Gasteiger partial charge in [-0.25, -0.2) is 9.97 Å². The van der Waals surface area contributed by atoms with E-state index in [4.69, 9.17) is 67.1 Å². The summed E-state index contributed by atoms with van der Waals surface area (Å²) in [7, 11) is -5.65. The van der Waals surface area contributed by atoms with E-state index in [1.54, 1.807) is 18.9 Å². The number of amides is 2. The number of carbonyl (C=O) groups is 2. The number of nitrogens with zero attached hydrogens (tertiary/aromatic N) is 8. The van der Waals surface area contributed by atoms with E-state index < -0.39 is 88.9 Å². The van der Waals surface area contributed by atoms with E-state index >= 15 is 9.59 Å². The second-order valence-electron chi connectivity index (χ2n) is 35.1. The first-order valence-electron chi connectivity index (χ1n) is 43.6. The summed E-state index contributed by atoms with van der Waals surface area (Å²) in [5.41, 5.74) is 21.8. The summed E-state index contributed by atoms with van der Waals surface area (Å²) < 4.78 is 82.7. The van der Waals surface area contributed by atoms with Gasteiger partial charge in [-0.05, 0) is 157 Å². The molecular weight excluding hydrogens is 1610 g/mol. The van der Waals surface area contributed by atoms with Gasteiger partial charge in [-0.2, -0.15) is 9.97 Å². The molecule has 10 aromatic rings. The van der Waals surface area contributed by atoms with Gasteiger partial charge in [0.15, 0.2) is 46.4 Å². The van der Waals surface area contributed by atoms with Gasteiger partial charge in [-0.1, -0.05) is 202 Å². The number of ether oxygens (including phenoxy) is 8. The number of rotatable bonds is 38. The number of anilines is 2. The van der Waals surface area contributed by atoms with Crippen molar-refractivity contribution in [2.45, 2.75) is 230 Å². The normalized spacial score (nSPS) is 21.2. The number of unbranched alkanes of at least 4 members (excludes halogenated alkanes) is 6. The molecule has 6 aliphatic rings. The average molecular weight is 1720 g/mol. The molecule has 0 spiro atoms. The summed E-state index contributed by atoms with van der Waals surface area (Å²) in [4.78, 5) is 82.3. The molecule has 6 aromatic carbocycles. The van der Waals surface area contributed by atoms with Crippen molar-refractivity contribution in [3.8, 4) is 33.8 Å². The average Bonchev–Trinajstić information content (AvgIpc) is 1.55. The molecular formula is C94H114N12O16Si2. The molecule has 6 aliphatic heterocycles. The van der Waals surface area contributed by atoms with Crippen LogP contribution in [0.5, 0.6) is 11.5 Å². The predicted octanol–water partition coefficient (Wildman–Crippen LogP) is 16.0. The number of nitrogen functional groups attached to an aromatic ring is 2. The van der Waals surface area contributed by atoms with Crippen LogP contribution < -0.4 is 32.1 Å². The standard InChI is InChI=1S/C94H114N12O16Si2/c1-57(2)123(58(3)4,115-53-71-79-81(121-93(9,10)119-79)89(117-71)105-55-97-75-83(105)99-91(95)101-85(75)107)113-49-25-15-13-23-47-111-69-43-39-65(40-44-69)63-31-35-67(36-32-63)77-73-74(88(110)103(77)51-61-27-19-17-20-28-61)78(104(87(73)109)52-62-29-21-18-22-30-62)68-37-33-64(34-38-68)66-41-45-70(46-42-66)112-48-24-14-16-26-50-114-124(59(5)6,60(7)8)116-54-72-80-82(122-94(11,12)120-80)90(118-72)106-56-98-76-84(106)100-92(96)102-86(76)108/h17-22,27-46,55-60,71-72,79-82,89-90H,13-16,23-26,47-54H2,1-12H3,(H3,95,99,101,107)(H3,96,100,102,108)/t71-,72-,79-,80-,81-,82-,89-,90-/m1/s1. The SMILES string of the molecule is CC(C)[Si](OCCCCCCOc1ccc(-c2ccc(C3=C4C(=O)N(Cc5ccccc5)C(c5ccc(-c6ccc(OCCCCCCO[Si](OC[C@H]7O[C@@H](n8cnc9c(=O)[nH]c(N)nc98)[C@@H]8OC(C)(C)O[C@@H]87)(C(C)C)C(C)C)cc6)cc5)=C4C(=O)N3Cc3ccccc3)cc2)cc1)(OC[C@H]1O[C@@H](n2cnc3c(=O)[nH]c(N)nc32)[C@@H]2OC(C)(C)O[C@@H]21)C(C)C. The molecule has 654 valence electrons. The zero-order valence-electron chi connectivity index (χ0n) is 72.7. The van der Waals surface area contributed by atoms with Gasteiger partial charge in [-0.15, -0.1) is 0 Å². The van der Waals surface area contributed by atoms with Gasteiger partial charge < -0.3 is 76.9 Å². The molecule has 124 heavy (non-hydrogen) atoms. The van der Waals surface area contributed by atoms with Crippen LogP contribution in [-0.4, -0.2) is 166 Å². The number of benzene rings is 6. The molecule has 4 fully saturated rings. The van der Waals surface area contributed by atoms with Gasteiger partial charge in [0.1, 0.15) is 48.1 Å². The van der Waals surface area contributed by atoms with Gasteiger partial charge in [0, 0.05) is 13.2 Å². The Hall–Kier alpha value is -10.3. The van der Waals surface area contributed by atoms with Crippen molar-refractivity contribution in [3.05, 3.63) is 224 Å². The summed E-state index contributed by atoms with van der Waals surface area (Å²) in [6.07, 6.45) is 6.07. The van der Waals surface area contributed by atoms with Crippen LogP contribution in [-0.2, 0) is 68.8 Å². The first kappa shape index (κ1) is 87.2. The maximum Gasteiger partial charge on any atom is 0.343 e. The Morgan fingerprint density at radius 2 is 0.734 bits per heavy atom. The van der Waals surface area contributed by atoms with Crippen LogP contribution in [0.2, 0.25) is 22.2 Å². The maximum atomic E-state index is 15.5. The molecule has 10 heterocycles. The fourth-order valence-electron chi connectivity index (χ4n) is 18.4. The van der Waals surface area contributed by atoms with Crippen LogP contribution in [0.15, 0.2) is 191 Å². The Balaban J connectivity index is 0.519. The summed E-state index contributed by atoms with van der Waals surface area (Å²) in [5, 5.41) is 0. The first-order chi connectivity index (χ1) is 59.7. The molecule has 0 unspecified atom stereocenters. The van der Waals surface area contributed by atoms with Gasteiger partial charge in [0.05, 0.1) is 74.7 Å². The zero-order chi connectivity index (χ0) is 86.9. The summed E-state index contributed by atoms with van der Waals surface area (Å²) in [6.45, 7) is 28.1. The number of hydrogen-bond acceptors (Lipinski definition) is 22. The number of carbonyl (C=O) groups excluding carboxylic acids is 2. The highest BCUT2D eigenvalue weighted by Gasteiger charge is 2.60. The third-order valence-electron chi connectivity index (χ3n) is 24.4. The van der Waals surface area contributed by atoms with Crippen LogP contribution >= 0.6 is 0 Å². The molecule has 30 heteroatoms. The Kier molecular flexibility index (Phi) is 25.8. The molecule has 2 amide bonds. The Labute approximate surface area is 724 Å². The predicted molar refractivity (Wildman–Crippen MR) is 476 cm³/mol. The van der Waals surface area contributed by atoms with E-state index in [0.29, 0.717) is 60.3 Å². The molecule has 16 rings (SSSR count). The van der Waals surface area contributed by atoms with Crippen LogP contribution in [0, 0.1) is 0 Å². The lowest BCUT2D eigenvalue weighted by atomic mass is 9.98. The summed E-state index contributed by atoms with van der Waals surface area (Å²) >= 11 is 0. The fourth-order valence-corrected chi connectivity index (χ4v) is 25.7. The van der Waals surface area contributed by atoms with Crippen LogP contribution in [0.4, 0.5) is 11.9 Å². The number of hydrogen-bond donors (Lipinski definition) is 4. The molecule has 4 saturated heterocycles. The van der Waals surface area contributed by atoms with Crippen molar-refractivity contribution >= 4 is 74.6 Å². The first-order valence-corrected chi connectivity index (χ1v) is 47.5. The molecule has 0 aliphatic carbocycles. The minimum Gasteiger partial charge on any atom is -0.494 e. The van der Waals surface area contributed by atoms with Crippen LogP contribution in [0.25, 0.3) is 56.0 Å². The second-order valence-corrected chi connectivity index (χ2v) is 43.8. The minimum absolute atomic E-state index is 0.0220. The molecule has 4 aromatic heterocycles. The topological polar surface area (TPSA) is 331 Å². The zero-order valence-corrected chi connectivity index (χ0v) is 74.7.